The maximum absolute atomic E-state index is 12.4. The Kier molecular flexibility index (Phi) is 5.58. The van der Waals surface area contributed by atoms with Crippen LogP contribution in [0.3, 0.4) is 0 Å². The number of nitrogens with one attached hydrogen (secondary N) is 1. The van der Waals surface area contributed by atoms with Crippen LogP contribution in [0.2, 0.25) is 0 Å². The summed E-state index contributed by atoms with van der Waals surface area (Å²) in [6.07, 6.45) is 0. The first kappa shape index (κ1) is 18.4. The second-order valence-electron chi connectivity index (χ2n) is 4.99. The summed E-state index contributed by atoms with van der Waals surface area (Å²) in [5.74, 6) is 0.538. The summed E-state index contributed by atoms with van der Waals surface area (Å²) in [4.78, 5) is 10.2. The quantitative estimate of drug-likeness (QED) is 0.577. The second-order valence-corrected chi connectivity index (χ2v) is 7.67. The van der Waals surface area contributed by atoms with Crippen molar-refractivity contribution in [2.75, 3.05) is 7.11 Å². The van der Waals surface area contributed by atoms with Crippen molar-refractivity contribution in [1.82, 2.24) is 4.72 Å². The Morgan fingerprint density at radius 3 is 2.58 bits per heavy atom. The third-order valence-electron chi connectivity index (χ3n) is 3.38. The third-order valence-corrected chi connectivity index (χ3v) is 5.27. The van der Waals surface area contributed by atoms with Gasteiger partial charge in [0, 0.05) is 28.2 Å². The Labute approximate surface area is 148 Å². The highest BCUT2D eigenvalue weighted by molar-refractivity contribution is 9.10. The molecule has 0 aliphatic carbocycles. The summed E-state index contributed by atoms with van der Waals surface area (Å²) in [6, 6.07) is 9.02. The Hall–Kier alpha value is -1.97. The predicted octanol–water partition coefficient (Wildman–Crippen LogP) is 3.15. The zero-order valence-electron chi connectivity index (χ0n) is 12.9. The fraction of sp³-hybridized carbons (Fsp3) is 0.200. The highest BCUT2D eigenvalue weighted by atomic mass is 79.9. The van der Waals surface area contributed by atoms with Crippen molar-refractivity contribution in [1.29, 1.82) is 0 Å². The molecule has 2 aromatic rings. The molecule has 0 aliphatic rings. The SMILES string of the molecule is COc1ccc(Br)cc1CNS(=O)(=O)c1ccc(C)c([N+](=O)[O-])c1. The van der Waals surface area contributed by atoms with E-state index in [0.29, 0.717) is 16.9 Å². The van der Waals surface area contributed by atoms with E-state index in [1.54, 1.807) is 25.1 Å². The first-order valence-electron chi connectivity index (χ1n) is 6.81. The number of sulfonamides is 1. The van der Waals surface area contributed by atoms with Crippen LogP contribution in [0.5, 0.6) is 5.75 Å². The summed E-state index contributed by atoms with van der Waals surface area (Å²) in [6.45, 7) is 1.54. The van der Waals surface area contributed by atoms with Crippen molar-refractivity contribution in [3.8, 4) is 5.75 Å². The monoisotopic (exact) mass is 414 g/mol. The highest BCUT2D eigenvalue weighted by Crippen LogP contribution is 2.25. The lowest BCUT2D eigenvalue weighted by Crippen LogP contribution is -2.23. The molecule has 7 nitrogen and oxygen atoms in total. The molecule has 0 bridgehead atoms. The molecular weight excluding hydrogens is 400 g/mol. The Morgan fingerprint density at radius 2 is 1.96 bits per heavy atom. The molecular formula is C15H15BrN2O5S. The van der Waals surface area contributed by atoms with E-state index in [1.807, 2.05) is 0 Å². The lowest BCUT2D eigenvalue weighted by atomic mass is 10.2. The van der Waals surface area contributed by atoms with Crippen molar-refractivity contribution in [3.05, 3.63) is 62.1 Å². The molecule has 0 amide bonds. The molecule has 24 heavy (non-hydrogen) atoms. The van der Waals surface area contributed by atoms with Gasteiger partial charge in [-0.15, -0.1) is 0 Å². The van der Waals surface area contributed by atoms with E-state index in [-0.39, 0.29) is 17.1 Å². The molecule has 0 saturated heterocycles. The molecule has 2 aromatic carbocycles. The molecule has 128 valence electrons. The van der Waals surface area contributed by atoms with Crippen LogP contribution >= 0.6 is 15.9 Å². The van der Waals surface area contributed by atoms with Gasteiger partial charge < -0.3 is 4.74 Å². The molecule has 0 radical (unpaired) electrons. The number of hydrogen-bond acceptors (Lipinski definition) is 5. The van der Waals surface area contributed by atoms with E-state index >= 15 is 0 Å². The minimum atomic E-state index is -3.89. The van der Waals surface area contributed by atoms with Crippen LogP contribution in [0.1, 0.15) is 11.1 Å². The lowest BCUT2D eigenvalue weighted by Gasteiger charge is -2.11. The summed E-state index contributed by atoms with van der Waals surface area (Å²) in [5.41, 5.74) is 0.794. The first-order chi connectivity index (χ1) is 11.2. The number of nitrogens with zero attached hydrogens (tertiary/aromatic N) is 1. The molecule has 0 aliphatic heterocycles. The second kappa shape index (κ2) is 7.29. The smallest absolute Gasteiger partial charge is 0.273 e. The zero-order chi connectivity index (χ0) is 17.9. The predicted molar refractivity (Wildman–Crippen MR) is 92.6 cm³/mol. The van der Waals surface area contributed by atoms with E-state index in [0.717, 1.165) is 10.5 Å². The van der Waals surface area contributed by atoms with Crippen molar-refractivity contribution < 1.29 is 18.1 Å². The van der Waals surface area contributed by atoms with Crippen LogP contribution < -0.4 is 9.46 Å². The van der Waals surface area contributed by atoms with Gasteiger partial charge in [-0.25, -0.2) is 13.1 Å². The van der Waals surface area contributed by atoms with E-state index < -0.39 is 14.9 Å². The number of halogens is 1. The van der Waals surface area contributed by atoms with Crippen LogP contribution in [0.4, 0.5) is 5.69 Å². The van der Waals surface area contributed by atoms with Crippen molar-refractivity contribution >= 4 is 31.6 Å². The maximum atomic E-state index is 12.4. The Morgan fingerprint density at radius 1 is 1.25 bits per heavy atom. The van der Waals surface area contributed by atoms with Crippen molar-refractivity contribution in [2.45, 2.75) is 18.4 Å². The van der Waals surface area contributed by atoms with Gasteiger partial charge in [0.05, 0.1) is 16.9 Å². The van der Waals surface area contributed by atoms with Crippen LogP contribution in [0.15, 0.2) is 45.8 Å². The van der Waals surface area contributed by atoms with E-state index in [2.05, 4.69) is 20.7 Å². The number of nitro groups is 1. The molecule has 0 spiro atoms. The Bertz CT molecular complexity index is 883. The van der Waals surface area contributed by atoms with Gasteiger partial charge in [-0.1, -0.05) is 22.0 Å². The van der Waals surface area contributed by atoms with Crippen molar-refractivity contribution in [3.63, 3.8) is 0 Å². The average Bonchev–Trinajstić information content (AvgIpc) is 2.53. The number of hydrogen-bond donors (Lipinski definition) is 1. The highest BCUT2D eigenvalue weighted by Gasteiger charge is 2.20. The summed E-state index contributed by atoms with van der Waals surface area (Å²) in [7, 11) is -2.40. The van der Waals surface area contributed by atoms with E-state index in [1.165, 1.54) is 19.2 Å². The molecule has 0 saturated carbocycles. The maximum Gasteiger partial charge on any atom is 0.273 e. The minimum Gasteiger partial charge on any atom is -0.496 e. The first-order valence-corrected chi connectivity index (χ1v) is 9.09. The third kappa shape index (κ3) is 4.11. The molecule has 0 fully saturated rings. The Balaban J connectivity index is 2.28. The molecule has 1 N–H and O–H groups in total. The zero-order valence-corrected chi connectivity index (χ0v) is 15.3. The fourth-order valence-electron chi connectivity index (χ4n) is 2.09. The van der Waals surface area contributed by atoms with E-state index in [4.69, 9.17) is 4.74 Å². The molecule has 0 unspecified atom stereocenters. The van der Waals surface area contributed by atoms with Gasteiger partial charge >= 0.3 is 0 Å². The average molecular weight is 415 g/mol. The van der Waals surface area contributed by atoms with Gasteiger partial charge in [-0.2, -0.15) is 0 Å². The topological polar surface area (TPSA) is 98.5 Å². The number of rotatable bonds is 6. The van der Waals surface area contributed by atoms with Crippen LogP contribution in [0.25, 0.3) is 0 Å². The van der Waals surface area contributed by atoms with Gasteiger partial charge in [-0.3, -0.25) is 10.1 Å². The largest absolute Gasteiger partial charge is 0.496 e. The molecule has 2 rings (SSSR count). The normalized spacial score (nSPS) is 11.3. The molecule has 0 atom stereocenters. The number of methoxy groups -OCH3 is 1. The fourth-order valence-corrected chi connectivity index (χ4v) is 3.53. The molecule has 0 aromatic heterocycles. The summed E-state index contributed by atoms with van der Waals surface area (Å²) < 4.78 is 33.2. The van der Waals surface area contributed by atoms with Crippen molar-refractivity contribution in [2.24, 2.45) is 0 Å². The van der Waals surface area contributed by atoms with Gasteiger partial charge in [0.2, 0.25) is 10.0 Å². The van der Waals surface area contributed by atoms with Crippen LogP contribution in [-0.2, 0) is 16.6 Å². The number of benzene rings is 2. The standard InChI is InChI=1S/C15H15BrN2O5S/c1-10-3-5-13(8-14(10)18(19)20)24(21,22)17-9-11-7-12(16)4-6-15(11)23-2/h3-8,17H,9H2,1-2H3. The summed E-state index contributed by atoms with van der Waals surface area (Å²) >= 11 is 3.32. The number of nitro benzene ring substituents is 1. The number of aryl methyl sites for hydroxylation is 1. The van der Waals surface area contributed by atoms with Crippen LogP contribution in [0, 0.1) is 17.0 Å². The van der Waals surface area contributed by atoms with Gasteiger partial charge in [0.1, 0.15) is 5.75 Å². The van der Waals surface area contributed by atoms with Gasteiger partial charge in [0.15, 0.2) is 0 Å². The van der Waals surface area contributed by atoms with E-state index in [9.17, 15) is 18.5 Å². The molecule has 9 heteroatoms. The summed E-state index contributed by atoms with van der Waals surface area (Å²) in [5, 5.41) is 11.0. The minimum absolute atomic E-state index is 0.00732. The molecule has 0 heterocycles. The van der Waals surface area contributed by atoms with Gasteiger partial charge in [-0.05, 0) is 31.2 Å². The lowest BCUT2D eigenvalue weighted by molar-refractivity contribution is -0.385. The van der Waals surface area contributed by atoms with Gasteiger partial charge in [0.25, 0.3) is 5.69 Å². The van der Waals surface area contributed by atoms with Crippen LogP contribution in [-0.4, -0.2) is 20.5 Å². The number of ether oxygens (including phenoxy) is 1.